The fourth-order valence-corrected chi connectivity index (χ4v) is 3.30. The molecule has 2 amide bonds. The number of carbonyl (C=O) groups excluding carboxylic acids is 2. The lowest BCUT2D eigenvalue weighted by Gasteiger charge is -2.20. The van der Waals surface area contributed by atoms with Crippen LogP contribution in [-0.2, 0) is 14.8 Å². The van der Waals surface area contributed by atoms with Crippen LogP contribution in [-0.4, -0.2) is 25.8 Å². The largest absolute Gasteiger partial charge is 0.347 e. The number of sulfonamides is 1. The summed E-state index contributed by atoms with van der Waals surface area (Å²) in [7, 11) is -3.80. The molecular weight excluding hydrogens is 366 g/mol. The van der Waals surface area contributed by atoms with Crippen molar-refractivity contribution >= 4 is 33.2 Å². The van der Waals surface area contributed by atoms with E-state index in [9.17, 15) is 18.0 Å². The Balaban J connectivity index is 2.12. The van der Waals surface area contributed by atoms with Gasteiger partial charge in [-0.05, 0) is 69.3 Å². The Morgan fingerprint density at radius 2 is 1.37 bits per heavy atom. The van der Waals surface area contributed by atoms with E-state index < -0.39 is 10.0 Å². The second kappa shape index (κ2) is 7.79. The normalized spacial score (nSPS) is 11.6. The number of amides is 2. The fourth-order valence-electron chi connectivity index (χ4n) is 2.24. The Morgan fingerprint density at radius 3 is 1.85 bits per heavy atom. The second-order valence-electron chi connectivity index (χ2n) is 7.09. The minimum Gasteiger partial charge on any atom is -0.347 e. The Kier molecular flexibility index (Phi) is 5.90. The highest BCUT2D eigenvalue weighted by Crippen LogP contribution is 2.19. The molecule has 0 heterocycles. The van der Waals surface area contributed by atoms with Crippen LogP contribution in [0, 0.1) is 0 Å². The standard InChI is InChI=1S/C19H23N3O4S/c1-13(23)20-15-7-9-16(10-8-15)22-27(25,26)17-11-5-14(6-12-17)18(24)21-19(2,3)4/h5-12,22H,1-4H3,(H,20,23)(H,21,24). The molecule has 27 heavy (non-hydrogen) atoms. The zero-order chi connectivity index (χ0) is 20.2. The molecule has 8 heteroatoms. The minimum atomic E-state index is -3.80. The van der Waals surface area contributed by atoms with Crippen molar-refractivity contribution in [3.05, 3.63) is 54.1 Å². The van der Waals surface area contributed by atoms with Gasteiger partial charge < -0.3 is 10.6 Å². The number of anilines is 2. The van der Waals surface area contributed by atoms with Crippen LogP contribution in [0.2, 0.25) is 0 Å². The Bertz CT molecular complexity index is 928. The molecule has 0 aliphatic rings. The van der Waals surface area contributed by atoms with Gasteiger partial charge in [-0.25, -0.2) is 8.42 Å². The van der Waals surface area contributed by atoms with Gasteiger partial charge in [-0.15, -0.1) is 0 Å². The van der Waals surface area contributed by atoms with Gasteiger partial charge in [0.2, 0.25) is 5.91 Å². The van der Waals surface area contributed by atoms with Crippen molar-refractivity contribution in [3.8, 4) is 0 Å². The van der Waals surface area contributed by atoms with E-state index >= 15 is 0 Å². The fraction of sp³-hybridized carbons (Fsp3) is 0.263. The van der Waals surface area contributed by atoms with Crippen molar-refractivity contribution in [2.24, 2.45) is 0 Å². The van der Waals surface area contributed by atoms with Crippen molar-refractivity contribution in [1.29, 1.82) is 0 Å². The first kappa shape index (κ1) is 20.4. The lowest BCUT2D eigenvalue weighted by atomic mass is 10.1. The van der Waals surface area contributed by atoms with Gasteiger partial charge in [0.15, 0.2) is 0 Å². The number of nitrogens with one attached hydrogen (secondary N) is 3. The van der Waals surface area contributed by atoms with Crippen molar-refractivity contribution in [2.45, 2.75) is 38.1 Å². The van der Waals surface area contributed by atoms with Crippen LogP contribution in [0.25, 0.3) is 0 Å². The molecule has 2 aromatic carbocycles. The van der Waals surface area contributed by atoms with Gasteiger partial charge in [0, 0.05) is 29.4 Å². The van der Waals surface area contributed by atoms with Crippen LogP contribution in [0.3, 0.4) is 0 Å². The summed E-state index contributed by atoms with van der Waals surface area (Å²) < 4.78 is 27.4. The number of benzene rings is 2. The maximum atomic E-state index is 12.5. The van der Waals surface area contributed by atoms with Gasteiger partial charge in [0.25, 0.3) is 15.9 Å². The van der Waals surface area contributed by atoms with Crippen LogP contribution in [0.1, 0.15) is 38.1 Å². The molecule has 0 fully saturated rings. The molecule has 0 saturated carbocycles. The molecular formula is C19H23N3O4S. The third-order valence-electron chi connectivity index (χ3n) is 3.37. The Morgan fingerprint density at radius 1 is 0.852 bits per heavy atom. The molecule has 7 nitrogen and oxygen atoms in total. The highest BCUT2D eigenvalue weighted by Gasteiger charge is 2.18. The average molecular weight is 389 g/mol. The quantitative estimate of drug-likeness (QED) is 0.731. The summed E-state index contributed by atoms with van der Waals surface area (Å²) in [4.78, 5) is 23.2. The van der Waals surface area contributed by atoms with Crippen LogP contribution in [0.15, 0.2) is 53.4 Å². The lowest BCUT2D eigenvalue weighted by molar-refractivity contribution is -0.114. The van der Waals surface area contributed by atoms with Crippen LogP contribution >= 0.6 is 0 Å². The molecule has 2 aromatic rings. The summed E-state index contributed by atoms with van der Waals surface area (Å²) in [6, 6.07) is 12.0. The van der Waals surface area contributed by atoms with E-state index in [0.29, 0.717) is 16.9 Å². The SMILES string of the molecule is CC(=O)Nc1ccc(NS(=O)(=O)c2ccc(C(=O)NC(C)(C)C)cc2)cc1. The summed E-state index contributed by atoms with van der Waals surface area (Å²) >= 11 is 0. The third kappa shape index (κ3) is 6.10. The molecule has 3 N–H and O–H groups in total. The highest BCUT2D eigenvalue weighted by molar-refractivity contribution is 7.92. The minimum absolute atomic E-state index is 0.0424. The molecule has 0 bridgehead atoms. The van der Waals surface area contributed by atoms with Gasteiger partial charge in [-0.2, -0.15) is 0 Å². The first-order valence-corrected chi connectivity index (χ1v) is 9.78. The summed E-state index contributed by atoms with van der Waals surface area (Å²) in [5.74, 6) is -0.480. The van der Waals surface area contributed by atoms with E-state index in [1.807, 2.05) is 20.8 Å². The van der Waals surface area contributed by atoms with E-state index in [2.05, 4.69) is 15.4 Å². The zero-order valence-electron chi connectivity index (χ0n) is 15.7. The first-order chi connectivity index (χ1) is 12.5. The first-order valence-electron chi connectivity index (χ1n) is 8.29. The summed E-state index contributed by atoms with van der Waals surface area (Å²) in [6.45, 7) is 6.99. The predicted molar refractivity (Wildman–Crippen MR) is 105 cm³/mol. The lowest BCUT2D eigenvalue weighted by Crippen LogP contribution is -2.40. The summed E-state index contributed by atoms with van der Waals surface area (Å²) in [5, 5.41) is 5.42. The van der Waals surface area contributed by atoms with E-state index in [1.165, 1.54) is 31.2 Å². The average Bonchev–Trinajstić information content (AvgIpc) is 2.54. The van der Waals surface area contributed by atoms with Gasteiger partial charge in [0.1, 0.15) is 0 Å². The molecule has 0 saturated heterocycles. The number of rotatable bonds is 5. The van der Waals surface area contributed by atoms with Crippen molar-refractivity contribution in [2.75, 3.05) is 10.0 Å². The van der Waals surface area contributed by atoms with Gasteiger partial charge >= 0.3 is 0 Å². The van der Waals surface area contributed by atoms with Gasteiger partial charge in [-0.1, -0.05) is 0 Å². The third-order valence-corrected chi connectivity index (χ3v) is 4.77. The molecule has 0 aliphatic carbocycles. The molecule has 0 atom stereocenters. The number of carbonyl (C=O) groups is 2. The number of hydrogen-bond acceptors (Lipinski definition) is 4. The van der Waals surface area contributed by atoms with E-state index in [1.54, 1.807) is 24.3 Å². The Labute approximate surface area is 159 Å². The molecule has 0 aliphatic heterocycles. The van der Waals surface area contributed by atoms with Crippen molar-refractivity contribution < 1.29 is 18.0 Å². The molecule has 0 radical (unpaired) electrons. The molecule has 0 unspecified atom stereocenters. The molecule has 0 aromatic heterocycles. The van der Waals surface area contributed by atoms with E-state index in [0.717, 1.165) is 0 Å². The monoisotopic (exact) mass is 389 g/mol. The van der Waals surface area contributed by atoms with Crippen molar-refractivity contribution in [1.82, 2.24) is 5.32 Å². The topological polar surface area (TPSA) is 104 Å². The van der Waals surface area contributed by atoms with E-state index in [4.69, 9.17) is 0 Å². The smallest absolute Gasteiger partial charge is 0.261 e. The Hall–Kier alpha value is -2.87. The van der Waals surface area contributed by atoms with Gasteiger partial charge in [-0.3, -0.25) is 14.3 Å². The zero-order valence-corrected chi connectivity index (χ0v) is 16.5. The second-order valence-corrected chi connectivity index (χ2v) is 8.77. The summed E-state index contributed by atoms with van der Waals surface area (Å²) in [5.41, 5.74) is 0.925. The van der Waals surface area contributed by atoms with E-state index in [-0.39, 0.29) is 22.2 Å². The van der Waals surface area contributed by atoms with Gasteiger partial charge in [0.05, 0.1) is 4.90 Å². The number of hydrogen-bond donors (Lipinski definition) is 3. The molecule has 144 valence electrons. The van der Waals surface area contributed by atoms with Crippen molar-refractivity contribution in [3.63, 3.8) is 0 Å². The maximum absolute atomic E-state index is 12.5. The molecule has 0 spiro atoms. The summed E-state index contributed by atoms with van der Waals surface area (Å²) in [6.07, 6.45) is 0. The molecule has 2 rings (SSSR count). The predicted octanol–water partition coefficient (Wildman–Crippen LogP) is 2.97. The van der Waals surface area contributed by atoms with Crippen LogP contribution in [0.4, 0.5) is 11.4 Å². The maximum Gasteiger partial charge on any atom is 0.261 e. The van der Waals surface area contributed by atoms with Crippen LogP contribution in [0.5, 0.6) is 0 Å². The van der Waals surface area contributed by atoms with Crippen LogP contribution < -0.4 is 15.4 Å². The highest BCUT2D eigenvalue weighted by atomic mass is 32.2.